The number of hydrogen-bond acceptors (Lipinski definition) is 4. The molecule has 1 aromatic carbocycles. The number of alkyl halides is 3. The summed E-state index contributed by atoms with van der Waals surface area (Å²) in [6.07, 6.45) is -4.42. The van der Waals surface area contributed by atoms with E-state index in [4.69, 9.17) is 0 Å². The summed E-state index contributed by atoms with van der Waals surface area (Å²) in [5.41, 5.74) is -0.268. The number of carbonyl (C=O) groups is 1. The number of amides is 1. The van der Waals surface area contributed by atoms with Crippen molar-refractivity contribution < 1.29 is 27.6 Å². The Kier molecular flexibility index (Phi) is 6.09. The Balaban J connectivity index is 2.53. The zero-order valence-electron chi connectivity index (χ0n) is 10.4. The van der Waals surface area contributed by atoms with Gasteiger partial charge in [0.2, 0.25) is 0 Å². The molecule has 1 N–H and O–H groups in total. The van der Waals surface area contributed by atoms with E-state index >= 15 is 0 Å². The van der Waals surface area contributed by atoms with E-state index in [2.05, 4.69) is 26.0 Å². The molecule has 0 unspecified atom stereocenters. The van der Waals surface area contributed by atoms with Crippen molar-refractivity contribution in [3.05, 3.63) is 38.3 Å². The number of halogens is 4. The fourth-order valence-electron chi connectivity index (χ4n) is 1.36. The lowest BCUT2D eigenvalue weighted by Gasteiger charge is -2.09. The van der Waals surface area contributed by atoms with Crippen LogP contribution < -0.4 is 5.32 Å². The Morgan fingerprint density at radius 3 is 2.67 bits per heavy atom. The summed E-state index contributed by atoms with van der Waals surface area (Å²) in [6, 6.07) is 3.90. The molecule has 0 aliphatic rings. The van der Waals surface area contributed by atoms with Gasteiger partial charge in [-0.2, -0.15) is 13.2 Å². The molecule has 0 fully saturated rings. The second kappa shape index (κ2) is 7.36. The highest BCUT2D eigenvalue weighted by Crippen LogP contribution is 2.28. The van der Waals surface area contributed by atoms with Crippen molar-refractivity contribution in [1.82, 2.24) is 5.32 Å². The summed E-state index contributed by atoms with van der Waals surface area (Å²) >= 11 is 2.95. The monoisotopic (exact) mass is 370 g/mol. The fourth-order valence-corrected chi connectivity index (χ4v) is 1.95. The third-order valence-corrected chi connectivity index (χ3v) is 3.05. The number of hydrogen-bond donors (Lipinski definition) is 1. The Bertz CT molecular complexity index is 537. The molecule has 0 aliphatic carbocycles. The number of benzene rings is 1. The van der Waals surface area contributed by atoms with Gasteiger partial charge in [0.15, 0.2) is 0 Å². The van der Waals surface area contributed by atoms with Gasteiger partial charge < -0.3 is 10.1 Å². The topological polar surface area (TPSA) is 81.5 Å². The van der Waals surface area contributed by atoms with Crippen LogP contribution in [-0.4, -0.2) is 36.8 Å². The minimum absolute atomic E-state index is 0.00344. The third kappa shape index (κ3) is 5.68. The van der Waals surface area contributed by atoms with Crippen LogP contribution in [0.15, 0.2) is 22.7 Å². The lowest BCUT2D eigenvalue weighted by Crippen LogP contribution is -2.29. The van der Waals surface area contributed by atoms with Gasteiger partial charge in [-0.25, -0.2) is 0 Å². The van der Waals surface area contributed by atoms with E-state index in [1.54, 1.807) is 0 Å². The number of carbonyl (C=O) groups excluding carboxylic acids is 1. The lowest BCUT2D eigenvalue weighted by molar-refractivity contribution is -0.385. The molecule has 0 bridgehead atoms. The molecule has 1 amide bonds. The van der Waals surface area contributed by atoms with E-state index in [0.717, 1.165) is 0 Å². The van der Waals surface area contributed by atoms with Crippen molar-refractivity contribution in [2.45, 2.75) is 6.18 Å². The van der Waals surface area contributed by atoms with Gasteiger partial charge in [-0.1, -0.05) is 6.07 Å². The van der Waals surface area contributed by atoms with Crippen LogP contribution >= 0.6 is 15.9 Å². The molecule has 0 saturated heterocycles. The average Bonchev–Trinajstić information content (AvgIpc) is 2.36. The summed E-state index contributed by atoms with van der Waals surface area (Å²) in [5, 5.41) is 13.0. The van der Waals surface area contributed by atoms with E-state index in [-0.39, 0.29) is 28.9 Å². The fraction of sp³-hybridized carbons (Fsp3) is 0.364. The summed E-state index contributed by atoms with van der Waals surface area (Å²) in [4.78, 5) is 21.8. The number of ether oxygens (including phenoxy) is 1. The molecule has 21 heavy (non-hydrogen) atoms. The van der Waals surface area contributed by atoms with Crippen LogP contribution in [0.1, 0.15) is 10.4 Å². The summed E-state index contributed by atoms with van der Waals surface area (Å²) in [5.74, 6) is -0.652. The summed E-state index contributed by atoms with van der Waals surface area (Å²) < 4.78 is 39.7. The molecule has 116 valence electrons. The molecule has 10 heteroatoms. The van der Waals surface area contributed by atoms with Gasteiger partial charge >= 0.3 is 6.18 Å². The molecule has 0 spiro atoms. The predicted octanol–water partition coefficient (Wildman–Crippen LogP) is 2.67. The molecule has 0 aromatic heterocycles. The van der Waals surface area contributed by atoms with Crippen LogP contribution in [0.4, 0.5) is 18.9 Å². The molecule has 0 aliphatic heterocycles. The molecule has 0 heterocycles. The smallest absolute Gasteiger partial charge is 0.370 e. The van der Waals surface area contributed by atoms with Crippen molar-refractivity contribution in [3.63, 3.8) is 0 Å². The maximum atomic E-state index is 11.8. The molecule has 1 aromatic rings. The molecular weight excluding hydrogens is 361 g/mol. The standard InChI is InChI=1S/C11H10BrF3N2O4/c12-9-7(2-1-3-8(9)17(19)20)10(18)16-4-5-21-6-11(13,14)15/h1-3H,4-6H2,(H,16,18). The van der Waals surface area contributed by atoms with E-state index in [9.17, 15) is 28.1 Å². The quantitative estimate of drug-likeness (QED) is 0.474. The van der Waals surface area contributed by atoms with Crippen LogP contribution in [-0.2, 0) is 4.74 Å². The highest BCUT2D eigenvalue weighted by molar-refractivity contribution is 9.10. The van der Waals surface area contributed by atoms with E-state index < -0.39 is 23.6 Å². The van der Waals surface area contributed by atoms with Crippen LogP contribution in [0.3, 0.4) is 0 Å². The van der Waals surface area contributed by atoms with Crippen molar-refractivity contribution in [2.75, 3.05) is 19.8 Å². The number of nitro benzene ring substituents is 1. The second-order valence-electron chi connectivity index (χ2n) is 3.82. The third-order valence-electron chi connectivity index (χ3n) is 2.22. The van der Waals surface area contributed by atoms with E-state index in [1.807, 2.05) is 0 Å². The normalized spacial score (nSPS) is 11.2. The van der Waals surface area contributed by atoms with Crippen LogP contribution in [0.5, 0.6) is 0 Å². The molecule has 6 nitrogen and oxygen atoms in total. The minimum atomic E-state index is -4.42. The van der Waals surface area contributed by atoms with Crippen molar-refractivity contribution in [2.24, 2.45) is 0 Å². The number of nitrogens with one attached hydrogen (secondary N) is 1. The van der Waals surface area contributed by atoms with Crippen LogP contribution in [0.25, 0.3) is 0 Å². The first kappa shape index (κ1) is 17.4. The average molecular weight is 371 g/mol. The lowest BCUT2D eigenvalue weighted by atomic mass is 10.2. The second-order valence-corrected chi connectivity index (χ2v) is 4.61. The first-order chi connectivity index (χ1) is 9.72. The maximum Gasteiger partial charge on any atom is 0.411 e. The summed E-state index contributed by atoms with van der Waals surface area (Å²) in [7, 11) is 0. The van der Waals surface area contributed by atoms with Gasteiger partial charge in [-0.05, 0) is 22.0 Å². The minimum Gasteiger partial charge on any atom is -0.370 e. The highest BCUT2D eigenvalue weighted by Gasteiger charge is 2.27. The van der Waals surface area contributed by atoms with Crippen LogP contribution in [0, 0.1) is 10.1 Å². The zero-order valence-corrected chi connectivity index (χ0v) is 12.0. The summed E-state index contributed by atoms with van der Waals surface area (Å²) in [6.45, 7) is -1.87. The Hall–Kier alpha value is -1.68. The largest absolute Gasteiger partial charge is 0.411 e. The molecular formula is C11H10BrF3N2O4. The van der Waals surface area contributed by atoms with E-state index in [1.165, 1.54) is 18.2 Å². The first-order valence-electron chi connectivity index (χ1n) is 5.58. The van der Waals surface area contributed by atoms with Crippen molar-refractivity contribution in [3.8, 4) is 0 Å². The molecule has 0 atom stereocenters. The SMILES string of the molecule is O=C(NCCOCC(F)(F)F)c1cccc([N+](=O)[O-])c1Br. The van der Waals surface area contributed by atoms with Crippen molar-refractivity contribution in [1.29, 1.82) is 0 Å². The molecule has 0 saturated carbocycles. The van der Waals surface area contributed by atoms with Gasteiger partial charge in [0, 0.05) is 12.6 Å². The van der Waals surface area contributed by atoms with E-state index in [0.29, 0.717) is 0 Å². The molecule has 0 radical (unpaired) electrons. The predicted molar refractivity (Wildman–Crippen MR) is 70.0 cm³/mol. The van der Waals surface area contributed by atoms with Gasteiger partial charge in [0.05, 0.1) is 17.1 Å². The number of nitrogens with zero attached hydrogens (tertiary/aromatic N) is 1. The maximum absolute atomic E-state index is 11.8. The highest BCUT2D eigenvalue weighted by atomic mass is 79.9. The Morgan fingerprint density at radius 1 is 1.43 bits per heavy atom. The van der Waals surface area contributed by atoms with Gasteiger partial charge in [-0.3, -0.25) is 14.9 Å². The van der Waals surface area contributed by atoms with Gasteiger partial charge in [0.1, 0.15) is 11.1 Å². The molecule has 1 rings (SSSR count). The van der Waals surface area contributed by atoms with Gasteiger partial charge in [0.25, 0.3) is 11.6 Å². The zero-order chi connectivity index (χ0) is 16.0. The Morgan fingerprint density at radius 2 is 2.10 bits per heavy atom. The number of nitro groups is 1. The number of rotatable bonds is 6. The van der Waals surface area contributed by atoms with Crippen LogP contribution in [0.2, 0.25) is 0 Å². The Labute approximate surface area is 125 Å². The van der Waals surface area contributed by atoms with Gasteiger partial charge in [-0.15, -0.1) is 0 Å². The van der Waals surface area contributed by atoms with Crippen molar-refractivity contribution >= 4 is 27.5 Å². The first-order valence-corrected chi connectivity index (χ1v) is 6.37.